The fourth-order valence-electron chi connectivity index (χ4n) is 0.933. The van der Waals surface area contributed by atoms with Crippen LogP contribution in [0.1, 0.15) is 20.8 Å². The molecule has 0 heterocycles. The second-order valence-electron chi connectivity index (χ2n) is 3.18. The maximum Gasteiger partial charge on any atom is 0.307 e. The summed E-state index contributed by atoms with van der Waals surface area (Å²) in [6.07, 6.45) is -1.05. The summed E-state index contributed by atoms with van der Waals surface area (Å²) < 4.78 is 25.2. The first-order valence-corrected chi connectivity index (χ1v) is 5.18. The van der Waals surface area contributed by atoms with Crippen LogP contribution in [0.25, 0.3) is 0 Å². The van der Waals surface area contributed by atoms with Gasteiger partial charge in [-0.25, -0.2) is 0 Å². The fourth-order valence-corrected chi connectivity index (χ4v) is 0.933. The first kappa shape index (κ1) is 15.8. The average Bonchev–Trinajstić information content (AvgIpc) is 2.26. The number of hydrogen-bond donors (Lipinski definition) is 1. The number of ether oxygens (including phenoxy) is 5. The van der Waals surface area contributed by atoms with Crippen LogP contribution in [0, 0.1) is 0 Å². The zero-order chi connectivity index (χ0) is 12.6. The van der Waals surface area contributed by atoms with Crippen molar-refractivity contribution in [3.05, 3.63) is 0 Å². The quantitative estimate of drug-likeness (QED) is 0.596. The summed E-state index contributed by atoms with van der Waals surface area (Å²) in [5, 5.41) is 9.95. The van der Waals surface area contributed by atoms with Gasteiger partial charge in [0.15, 0.2) is 12.6 Å². The average molecular weight is 238 g/mol. The molecule has 0 bridgehead atoms. The highest BCUT2D eigenvalue weighted by Crippen LogP contribution is 2.14. The summed E-state index contributed by atoms with van der Waals surface area (Å²) in [6, 6.07) is 0. The van der Waals surface area contributed by atoms with E-state index in [0.29, 0.717) is 0 Å². The van der Waals surface area contributed by atoms with Crippen molar-refractivity contribution < 1.29 is 28.8 Å². The van der Waals surface area contributed by atoms with Gasteiger partial charge in [-0.2, -0.15) is 0 Å². The maximum atomic E-state index is 9.95. The van der Waals surface area contributed by atoms with E-state index in [1.165, 1.54) is 14.2 Å². The smallest absolute Gasteiger partial charge is 0.307 e. The molecule has 0 aliphatic rings. The van der Waals surface area contributed by atoms with Gasteiger partial charge in [0.2, 0.25) is 0 Å². The summed E-state index contributed by atoms with van der Waals surface area (Å²) >= 11 is 0. The van der Waals surface area contributed by atoms with Crippen molar-refractivity contribution in [1.29, 1.82) is 0 Å². The minimum absolute atomic E-state index is 0.163. The summed E-state index contributed by atoms with van der Waals surface area (Å²) in [5.74, 6) is -1.82. The van der Waals surface area contributed by atoms with Gasteiger partial charge in [0, 0.05) is 20.8 Å². The zero-order valence-corrected chi connectivity index (χ0v) is 10.6. The summed E-state index contributed by atoms with van der Waals surface area (Å²) in [5.41, 5.74) is 0. The molecule has 98 valence electrons. The van der Waals surface area contributed by atoms with Crippen molar-refractivity contribution in [2.45, 2.75) is 39.3 Å². The van der Waals surface area contributed by atoms with Crippen molar-refractivity contribution in [3.8, 4) is 0 Å². The highest BCUT2D eigenvalue weighted by atomic mass is 16.9. The minimum Gasteiger partial charge on any atom is -0.356 e. The maximum absolute atomic E-state index is 9.95. The predicted octanol–water partition coefficient (Wildman–Crippen LogP) is 0.687. The lowest BCUT2D eigenvalue weighted by Crippen LogP contribution is -2.44. The van der Waals surface area contributed by atoms with Crippen LogP contribution < -0.4 is 0 Å². The summed E-state index contributed by atoms with van der Waals surface area (Å²) in [6.45, 7) is 5.21. The van der Waals surface area contributed by atoms with E-state index < -0.39 is 18.6 Å². The Morgan fingerprint density at radius 3 is 2.12 bits per heavy atom. The Balaban J connectivity index is 4.20. The third-order valence-electron chi connectivity index (χ3n) is 1.88. The van der Waals surface area contributed by atoms with Crippen LogP contribution in [-0.2, 0) is 23.7 Å². The highest BCUT2D eigenvalue weighted by molar-refractivity contribution is 4.54. The Bertz CT molecular complexity index is 177. The predicted molar refractivity (Wildman–Crippen MR) is 56.6 cm³/mol. The summed E-state index contributed by atoms with van der Waals surface area (Å²) in [4.78, 5) is 0. The molecule has 0 fully saturated rings. The third kappa shape index (κ3) is 6.37. The zero-order valence-electron chi connectivity index (χ0n) is 10.6. The highest BCUT2D eigenvalue weighted by Gasteiger charge is 2.32. The van der Waals surface area contributed by atoms with Crippen LogP contribution in [0.3, 0.4) is 0 Å². The molecule has 0 aromatic rings. The van der Waals surface area contributed by atoms with Crippen molar-refractivity contribution in [1.82, 2.24) is 0 Å². The van der Waals surface area contributed by atoms with Gasteiger partial charge in [0.1, 0.15) is 6.61 Å². The van der Waals surface area contributed by atoms with Gasteiger partial charge in [0.25, 0.3) is 0 Å². The molecule has 0 aliphatic heterocycles. The molecule has 16 heavy (non-hydrogen) atoms. The van der Waals surface area contributed by atoms with Gasteiger partial charge in [0.05, 0.1) is 0 Å². The van der Waals surface area contributed by atoms with E-state index >= 15 is 0 Å². The number of methoxy groups -OCH3 is 2. The lowest BCUT2D eigenvalue weighted by atomic mass is 10.5. The van der Waals surface area contributed by atoms with Crippen LogP contribution in [0.4, 0.5) is 0 Å². The minimum atomic E-state index is -1.82. The van der Waals surface area contributed by atoms with Crippen LogP contribution in [0.2, 0.25) is 0 Å². The van der Waals surface area contributed by atoms with E-state index in [9.17, 15) is 5.11 Å². The Morgan fingerprint density at radius 1 is 1.12 bits per heavy atom. The lowest BCUT2D eigenvalue weighted by molar-refractivity contribution is -0.415. The van der Waals surface area contributed by atoms with Crippen LogP contribution >= 0.6 is 0 Å². The molecule has 0 saturated heterocycles. The Labute approximate surface area is 96.4 Å². The second kappa shape index (κ2) is 7.94. The van der Waals surface area contributed by atoms with E-state index in [1.807, 2.05) is 0 Å². The van der Waals surface area contributed by atoms with Crippen LogP contribution in [0.5, 0.6) is 0 Å². The van der Waals surface area contributed by atoms with E-state index in [2.05, 4.69) is 0 Å². The largest absolute Gasteiger partial charge is 0.356 e. The molecule has 6 heteroatoms. The molecular formula is C10H22O6. The van der Waals surface area contributed by atoms with E-state index in [0.717, 1.165) is 0 Å². The Kier molecular flexibility index (Phi) is 7.82. The van der Waals surface area contributed by atoms with Crippen molar-refractivity contribution in [2.75, 3.05) is 27.4 Å². The first-order chi connectivity index (χ1) is 7.47. The molecule has 0 amide bonds. The molecule has 0 saturated carbocycles. The third-order valence-corrected chi connectivity index (χ3v) is 1.88. The van der Waals surface area contributed by atoms with Crippen LogP contribution in [-0.4, -0.2) is 51.1 Å². The number of rotatable bonds is 9. The number of aliphatic hydroxyl groups is 1. The lowest BCUT2D eigenvalue weighted by Gasteiger charge is -2.30. The Morgan fingerprint density at radius 2 is 1.69 bits per heavy atom. The Hall–Kier alpha value is -0.240. The molecule has 3 atom stereocenters. The van der Waals surface area contributed by atoms with E-state index in [-0.39, 0.29) is 13.2 Å². The SMILES string of the molecule is CCOC(O)(COC(C)OC)OC(C)OC. The van der Waals surface area contributed by atoms with Crippen LogP contribution in [0.15, 0.2) is 0 Å². The number of hydrogen-bond acceptors (Lipinski definition) is 6. The van der Waals surface area contributed by atoms with E-state index in [4.69, 9.17) is 23.7 Å². The molecule has 0 spiro atoms. The van der Waals surface area contributed by atoms with Gasteiger partial charge in [-0.1, -0.05) is 0 Å². The second-order valence-corrected chi connectivity index (χ2v) is 3.18. The molecular weight excluding hydrogens is 216 g/mol. The molecule has 0 aromatic heterocycles. The van der Waals surface area contributed by atoms with Gasteiger partial charge in [-0.05, 0) is 20.8 Å². The van der Waals surface area contributed by atoms with Crippen molar-refractivity contribution >= 4 is 0 Å². The monoisotopic (exact) mass is 238 g/mol. The molecule has 3 unspecified atom stereocenters. The molecule has 0 rings (SSSR count). The first-order valence-electron chi connectivity index (χ1n) is 5.18. The molecule has 0 aromatic carbocycles. The van der Waals surface area contributed by atoms with Gasteiger partial charge < -0.3 is 24.1 Å². The van der Waals surface area contributed by atoms with Crippen molar-refractivity contribution in [3.63, 3.8) is 0 Å². The molecule has 0 aliphatic carbocycles. The molecule has 0 radical (unpaired) electrons. The fraction of sp³-hybridized carbons (Fsp3) is 1.00. The standard InChI is InChI=1S/C10H22O6/c1-6-15-10(11,16-9(3)13-5)7-14-8(2)12-4/h8-9,11H,6-7H2,1-5H3. The normalized spacial score (nSPS) is 19.1. The van der Waals surface area contributed by atoms with Gasteiger partial charge >= 0.3 is 5.97 Å². The van der Waals surface area contributed by atoms with Gasteiger partial charge in [-0.3, -0.25) is 4.74 Å². The van der Waals surface area contributed by atoms with Gasteiger partial charge in [-0.15, -0.1) is 0 Å². The van der Waals surface area contributed by atoms with E-state index in [1.54, 1.807) is 20.8 Å². The molecule has 6 nitrogen and oxygen atoms in total. The van der Waals surface area contributed by atoms with Crippen molar-refractivity contribution in [2.24, 2.45) is 0 Å². The summed E-state index contributed by atoms with van der Waals surface area (Å²) in [7, 11) is 2.97. The molecule has 1 N–H and O–H groups in total. The topological polar surface area (TPSA) is 66.4 Å².